The molecule has 1 heterocycles. The number of hydrogen-bond donors (Lipinski definition) is 1. The van der Waals surface area contributed by atoms with Crippen molar-refractivity contribution in [3.05, 3.63) is 54.8 Å². The van der Waals surface area contributed by atoms with Crippen molar-refractivity contribution < 1.29 is 0 Å². The van der Waals surface area contributed by atoms with E-state index in [2.05, 4.69) is 58.2 Å². The summed E-state index contributed by atoms with van der Waals surface area (Å²) in [7, 11) is 0. The van der Waals surface area contributed by atoms with Crippen LogP contribution in [0, 0.1) is 3.57 Å². The minimum absolute atomic E-state index is 0.958. The molecule has 0 radical (unpaired) electrons. The van der Waals surface area contributed by atoms with Crippen LogP contribution in [0.2, 0.25) is 0 Å². The van der Waals surface area contributed by atoms with E-state index in [1.807, 2.05) is 11.3 Å². The van der Waals surface area contributed by atoms with Crippen LogP contribution in [0.4, 0.5) is 0 Å². The van der Waals surface area contributed by atoms with Crippen molar-refractivity contribution in [2.75, 3.05) is 0 Å². The summed E-state index contributed by atoms with van der Waals surface area (Å²) in [6.45, 7) is 1.96. The quantitative estimate of drug-likeness (QED) is 0.800. The van der Waals surface area contributed by atoms with Crippen LogP contribution in [0.15, 0.2) is 30.3 Å². The third kappa shape index (κ3) is 2.95. The molecule has 0 saturated carbocycles. The molecule has 94 valence electrons. The Morgan fingerprint density at radius 2 is 1.94 bits per heavy atom. The minimum Gasteiger partial charge on any atom is -0.308 e. The van der Waals surface area contributed by atoms with Gasteiger partial charge in [0.1, 0.15) is 0 Å². The second-order valence-corrected chi connectivity index (χ2v) is 7.21. The van der Waals surface area contributed by atoms with Crippen molar-refractivity contribution in [2.45, 2.75) is 32.4 Å². The van der Waals surface area contributed by atoms with Gasteiger partial charge in [0.2, 0.25) is 0 Å². The van der Waals surface area contributed by atoms with Gasteiger partial charge in [0.05, 0.1) is 0 Å². The molecule has 3 heteroatoms. The molecular weight excluding hydrogens is 353 g/mol. The first-order valence-electron chi connectivity index (χ1n) is 6.37. The van der Waals surface area contributed by atoms with E-state index in [4.69, 9.17) is 0 Å². The van der Waals surface area contributed by atoms with Gasteiger partial charge in [0, 0.05) is 26.4 Å². The molecule has 1 aromatic heterocycles. The van der Waals surface area contributed by atoms with Gasteiger partial charge in [0.15, 0.2) is 0 Å². The van der Waals surface area contributed by atoms with Crippen LogP contribution in [0.3, 0.4) is 0 Å². The highest BCUT2D eigenvalue weighted by atomic mass is 127. The number of aryl methyl sites for hydroxylation is 2. The molecule has 0 atom stereocenters. The van der Waals surface area contributed by atoms with Crippen LogP contribution in [0.5, 0.6) is 0 Å². The maximum Gasteiger partial charge on any atom is 0.0303 e. The predicted molar refractivity (Wildman–Crippen MR) is 86.0 cm³/mol. The highest BCUT2D eigenvalue weighted by Crippen LogP contribution is 2.30. The normalized spacial score (nSPS) is 13.8. The van der Waals surface area contributed by atoms with Crippen molar-refractivity contribution in [3.63, 3.8) is 0 Å². The van der Waals surface area contributed by atoms with Crippen LogP contribution < -0.4 is 5.32 Å². The monoisotopic (exact) mass is 369 g/mol. The fraction of sp³-hybridized carbons (Fsp3) is 0.333. The van der Waals surface area contributed by atoms with Gasteiger partial charge in [-0.25, -0.2) is 0 Å². The fourth-order valence-electron chi connectivity index (χ4n) is 2.41. The van der Waals surface area contributed by atoms with Crippen molar-refractivity contribution in [3.8, 4) is 0 Å². The lowest BCUT2D eigenvalue weighted by Crippen LogP contribution is -2.11. The van der Waals surface area contributed by atoms with Crippen molar-refractivity contribution in [1.29, 1.82) is 0 Å². The fourth-order valence-corrected chi connectivity index (χ4v) is 4.00. The molecule has 0 spiro atoms. The third-order valence-corrected chi connectivity index (χ3v) is 5.30. The Balaban J connectivity index is 1.53. The molecular formula is C15H16INS. The molecule has 0 aliphatic heterocycles. The second-order valence-electron chi connectivity index (χ2n) is 4.74. The average Bonchev–Trinajstić information content (AvgIpc) is 2.92. The van der Waals surface area contributed by atoms with Gasteiger partial charge in [0.25, 0.3) is 0 Å². The number of hydrogen-bond acceptors (Lipinski definition) is 2. The van der Waals surface area contributed by atoms with Gasteiger partial charge in [-0.15, -0.1) is 11.3 Å². The lowest BCUT2D eigenvalue weighted by Gasteiger charge is -2.03. The van der Waals surface area contributed by atoms with Gasteiger partial charge in [-0.1, -0.05) is 12.1 Å². The molecule has 2 aromatic rings. The number of rotatable bonds is 4. The van der Waals surface area contributed by atoms with Crippen molar-refractivity contribution >= 4 is 33.9 Å². The SMILES string of the molecule is Ic1ccc(CNCc2cc3c(s2)CCC3)cc1. The van der Waals surface area contributed by atoms with E-state index in [0.717, 1.165) is 13.1 Å². The molecule has 0 saturated heterocycles. The van der Waals surface area contributed by atoms with Crippen molar-refractivity contribution in [2.24, 2.45) is 0 Å². The topological polar surface area (TPSA) is 12.0 Å². The van der Waals surface area contributed by atoms with E-state index >= 15 is 0 Å². The molecule has 1 nitrogen and oxygen atoms in total. The molecule has 1 N–H and O–H groups in total. The molecule has 0 unspecified atom stereocenters. The summed E-state index contributed by atoms with van der Waals surface area (Å²) in [5, 5.41) is 3.53. The molecule has 1 aromatic carbocycles. The lowest BCUT2D eigenvalue weighted by molar-refractivity contribution is 0.700. The summed E-state index contributed by atoms with van der Waals surface area (Å²) in [5.74, 6) is 0. The van der Waals surface area contributed by atoms with Crippen molar-refractivity contribution in [1.82, 2.24) is 5.32 Å². The summed E-state index contributed by atoms with van der Waals surface area (Å²) in [6, 6.07) is 11.1. The molecule has 0 fully saturated rings. The molecule has 0 bridgehead atoms. The van der Waals surface area contributed by atoms with E-state index in [9.17, 15) is 0 Å². The van der Waals surface area contributed by atoms with Crippen LogP contribution in [0.1, 0.15) is 27.3 Å². The summed E-state index contributed by atoms with van der Waals surface area (Å²) in [4.78, 5) is 3.12. The van der Waals surface area contributed by atoms with Crippen LogP contribution in [0.25, 0.3) is 0 Å². The van der Waals surface area contributed by atoms with E-state index in [1.165, 1.54) is 33.3 Å². The van der Waals surface area contributed by atoms with Crippen LogP contribution in [-0.2, 0) is 25.9 Å². The standard InChI is InChI=1S/C15H16INS/c16-13-6-4-11(5-7-13)9-17-10-14-8-12-2-1-3-15(12)18-14/h4-8,17H,1-3,9-10H2. The smallest absolute Gasteiger partial charge is 0.0303 e. The first-order valence-corrected chi connectivity index (χ1v) is 8.26. The zero-order valence-electron chi connectivity index (χ0n) is 10.2. The molecule has 0 amide bonds. The zero-order valence-corrected chi connectivity index (χ0v) is 13.2. The number of thiophene rings is 1. The first kappa shape index (κ1) is 12.6. The van der Waals surface area contributed by atoms with Crippen LogP contribution >= 0.6 is 33.9 Å². The summed E-state index contributed by atoms with van der Waals surface area (Å²) in [6.07, 6.45) is 3.96. The molecule has 3 rings (SSSR count). The van der Waals surface area contributed by atoms with E-state index in [1.54, 1.807) is 10.4 Å². The maximum absolute atomic E-state index is 3.53. The Hall–Kier alpha value is -0.390. The van der Waals surface area contributed by atoms with Gasteiger partial charge in [-0.2, -0.15) is 0 Å². The Morgan fingerprint density at radius 3 is 2.72 bits per heavy atom. The number of nitrogens with one attached hydrogen (secondary N) is 1. The number of benzene rings is 1. The average molecular weight is 369 g/mol. The Labute approximate surface area is 126 Å². The lowest BCUT2D eigenvalue weighted by atomic mass is 10.2. The highest BCUT2D eigenvalue weighted by Gasteiger charge is 2.14. The highest BCUT2D eigenvalue weighted by molar-refractivity contribution is 14.1. The molecule has 18 heavy (non-hydrogen) atoms. The summed E-state index contributed by atoms with van der Waals surface area (Å²) in [5.41, 5.74) is 2.96. The van der Waals surface area contributed by atoms with E-state index < -0.39 is 0 Å². The zero-order chi connectivity index (χ0) is 12.4. The van der Waals surface area contributed by atoms with Gasteiger partial charge >= 0.3 is 0 Å². The summed E-state index contributed by atoms with van der Waals surface area (Å²) >= 11 is 4.34. The minimum atomic E-state index is 0.958. The van der Waals surface area contributed by atoms with Gasteiger partial charge < -0.3 is 5.32 Å². The third-order valence-electron chi connectivity index (χ3n) is 3.34. The van der Waals surface area contributed by atoms with E-state index in [-0.39, 0.29) is 0 Å². The number of fused-ring (bicyclic) bond motifs is 1. The summed E-state index contributed by atoms with van der Waals surface area (Å²) < 4.78 is 1.30. The largest absolute Gasteiger partial charge is 0.308 e. The maximum atomic E-state index is 3.53. The second kappa shape index (κ2) is 5.72. The Bertz CT molecular complexity index is 508. The van der Waals surface area contributed by atoms with Gasteiger partial charge in [-0.05, 0) is 71.2 Å². The first-order chi connectivity index (χ1) is 8.81. The van der Waals surface area contributed by atoms with Crippen LogP contribution in [-0.4, -0.2) is 0 Å². The predicted octanol–water partition coefficient (Wildman–Crippen LogP) is 4.13. The molecule has 1 aliphatic rings. The van der Waals surface area contributed by atoms with E-state index in [0.29, 0.717) is 0 Å². The number of halogens is 1. The Morgan fingerprint density at radius 1 is 1.11 bits per heavy atom. The molecule has 1 aliphatic carbocycles. The Kier molecular flexibility index (Phi) is 4.01. The van der Waals surface area contributed by atoms with Gasteiger partial charge in [-0.3, -0.25) is 0 Å².